The van der Waals surface area contributed by atoms with Gasteiger partial charge in [-0.15, -0.1) is 11.3 Å². The minimum Gasteiger partial charge on any atom is -0.354 e. The highest BCUT2D eigenvalue weighted by Crippen LogP contribution is 2.28. The second-order valence-corrected chi connectivity index (χ2v) is 8.16. The largest absolute Gasteiger partial charge is 0.373 e. The summed E-state index contributed by atoms with van der Waals surface area (Å²) in [5.74, 6) is 2.35. The lowest BCUT2D eigenvalue weighted by atomic mass is 10.2. The van der Waals surface area contributed by atoms with Crippen molar-refractivity contribution in [3.05, 3.63) is 21.6 Å². The maximum atomic E-state index is 8.12. The molecule has 2 aromatic heterocycles. The van der Waals surface area contributed by atoms with E-state index in [1.165, 1.54) is 17.9 Å². The van der Waals surface area contributed by atoms with E-state index in [1.54, 1.807) is 0 Å². The van der Waals surface area contributed by atoms with Gasteiger partial charge in [0.25, 0.3) is 0 Å². The highest BCUT2D eigenvalue weighted by Gasteiger charge is 2.20. The molecule has 2 aromatic rings. The van der Waals surface area contributed by atoms with E-state index < -0.39 is 0 Å². The zero-order valence-electron chi connectivity index (χ0n) is 15.1. The molecule has 26 heavy (non-hydrogen) atoms. The van der Waals surface area contributed by atoms with Crippen LogP contribution in [-0.2, 0) is 9.59 Å². The molecule has 1 aliphatic heterocycles. The summed E-state index contributed by atoms with van der Waals surface area (Å²) in [4.78, 5) is 35.6. The lowest BCUT2D eigenvalue weighted by molar-refractivity contribution is -0.191. The number of nitrogens with zero attached hydrogens (tertiary/aromatic N) is 5. The molecule has 0 radical (unpaired) electrons. The van der Waals surface area contributed by atoms with Gasteiger partial charge in [-0.1, -0.05) is 25.4 Å². The third-order valence-corrected chi connectivity index (χ3v) is 5.02. The van der Waals surface area contributed by atoms with Gasteiger partial charge in [0.1, 0.15) is 11.5 Å². The first kappa shape index (κ1) is 20.5. The fraction of sp³-hybridized carbons (Fsp3) is 0.529. The first-order chi connectivity index (χ1) is 12.4. The van der Waals surface area contributed by atoms with Crippen molar-refractivity contribution >= 4 is 34.9 Å². The van der Waals surface area contributed by atoms with E-state index in [2.05, 4.69) is 33.6 Å². The summed E-state index contributed by atoms with van der Waals surface area (Å²) in [6.45, 7) is 11.9. The Kier molecular flexibility index (Phi) is 7.66. The second-order valence-electron chi connectivity index (χ2n) is 6.37. The maximum Gasteiger partial charge on any atom is 0.373 e. The first-order valence-electron chi connectivity index (χ1n) is 8.37. The van der Waals surface area contributed by atoms with Crippen LogP contribution in [0.2, 0.25) is 4.47 Å². The van der Waals surface area contributed by atoms with Crippen LogP contribution in [0.5, 0.6) is 0 Å². The van der Waals surface area contributed by atoms with E-state index in [0.29, 0.717) is 16.2 Å². The highest BCUT2D eigenvalue weighted by atomic mass is 35.5. The van der Waals surface area contributed by atoms with Crippen molar-refractivity contribution in [3.63, 3.8) is 0 Å². The number of hydrogen-bond donors (Lipinski definition) is 0. The molecule has 0 aromatic carbocycles. The summed E-state index contributed by atoms with van der Waals surface area (Å²) in [5.41, 5.74) is 0.792. The Morgan fingerprint density at radius 2 is 1.88 bits per heavy atom. The van der Waals surface area contributed by atoms with Crippen molar-refractivity contribution in [2.45, 2.75) is 20.8 Å². The summed E-state index contributed by atoms with van der Waals surface area (Å²) < 4.78 is 0.536. The molecule has 3 heterocycles. The van der Waals surface area contributed by atoms with Crippen LogP contribution in [0.3, 0.4) is 0 Å². The molecule has 0 aliphatic carbocycles. The van der Waals surface area contributed by atoms with E-state index in [0.717, 1.165) is 42.6 Å². The Hall–Kier alpha value is -1.86. The molecule has 0 amide bonds. The molecule has 0 N–H and O–H groups in total. The lowest BCUT2D eigenvalue weighted by Gasteiger charge is -2.36. The predicted molar refractivity (Wildman–Crippen MR) is 101 cm³/mol. The van der Waals surface area contributed by atoms with Crippen LogP contribution < -0.4 is 4.90 Å². The van der Waals surface area contributed by atoms with Gasteiger partial charge in [0.15, 0.2) is 10.3 Å². The number of carbonyl (C=O) groups excluding carboxylic acids is 2. The molecule has 1 fully saturated rings. The Labute approximate surface area is 162 Å². The second kappa shape index (κ2) is 9.73. The molecule has 9 heteroatoms. The topological polar surface area (TPSA) is 79.3 Å². The van der Waals surface area contributed by atoms with Gasteiger partial charge in [-0.2, -0.15) is 9.59 Å². The van der Waals surface area contributed by atoms with E-state index >= 15 is 0 Å². The molecular weight excluding hydrogens is 374 g/mol. The Morgan fingerprint density at radius 1 is 1.23 bits per heavy atom. The number of anilines is 1. The normalized spacial score (nSPS) is 14.7. The number of halogens is 1. The molecular formula is C17H22ClN5O2S. The van der Waals surface area contributed by atoms with Gasteiger partial charge in [-0.3, -0.25) is 4.90 Å². The van der Waals surface area contributed by atoms with Crippen molar-refractivity contribution in [3.8, 4) is 11.5 Å². The minimum atomic E-state index is 0.250. The lowest BCUT2D eigenvalue weighted by Crippen LogP contribution is -2.47. The zero-order valence-corrected chi connectivity index (χ0v) is 16.7. The van der Waals surface area contributed by atoms with Gasteiger partial charge < -0.3 is 4.90 Å². The SMILES string of the molecule is Cc1sc(Cl)nc1-c1nccc(N2CCN(CC(C)C)CC2)n1.O=C=O. The summed E-state index contributed by atoms with van der Waals surface area (Å²) >= 11 is 7.46. The third-order valence-electron chi connectivity index (χ3n) is 3.94. The van der Waals surface area contributed by atoms with E-state index in [-0.39, 0.29) is 6.15 Å². The fourth-order valence-electron chi connectivity index (χ4n) is 2.89. The molecule has 0 saturated carbocycles. The van der Waals surface area contributed by atoms with Gasteiger partial charge in [-0.05, 0) is 18.9 Å². The number of rotatable bonds is 4. The molecule has 0 unspecified atom stereocenters. The maximum absolute atomic E-state index is 8.12. The van der Waals surface area contributed by atoms with Crippen molar-refractivity contribution in [1.82, 2.24) is 19.9 Å². The van der Waals surface area contributed by atoms with Crippen molar-refractivity contribution in [1.29, 1.82) is 0 Å². The van der Waals surface area contributed by atoms with Gasteiger partial charge in [0.05, 0.1) is 0 Å². The molecule has 1 saturated heterocycles. The number of thiazole rings is 1. The quantitative estimate of drug-likeness (QED) is 0.787. The van der Waals surface area contributed by atoms with Gasteiger partial charge >= 0.3 is 6.15 Å². The highest BCUT2D eigenvalue weighted by molar-refractivity contribution is 7.16. The zero-order chi connectivity index (χ0) is 19.1. The predicted octanol–water partition coefficient (Wildman–Crippen LogP) is 2.76. The van der Waals surface area contributed by atoms with Crippen LogP contribution >= 0.6 is 22.9 Å². The Morgan fingerprint density at radius 3 is 2.42 bits per heavy atom. The molecule has 0 atom stereocenters. The molecule has 0 bridgehead atoms. The van der Waals surface area contributed by atoms with Crippen molar-refractivity contribution < 1.29 is 9.59 Å². The van der Waals surface area contributed by atoms with Crippen LogP contribution in [0.25, 0.3) is 11.5 Å². The smallest absolute Gasteiger partial charge is 0.354 e. The van der Waals surface area contributed by atoms with Crippen molar-refractivity contribution in [2.75, 3.05) is 37.6 Å². The molecule has 1 aliphatic rings. The molecule has 140 valence electrons. The van der Waals surface area contributed by atoms with Crippen LogP contribution in [0, 0.1) is 12.8 Å². The van der Waals surface area contributed by atoms with Crippen LogP contribution in [0.4, 0.5) is 5.82 Å². The Balaban J connectivity index is 0.000000758. The number of piperazine rings is 1. The van der Waals surface area contributed by atoms with Crippen LogP contribution in [0.1, 0.15) is 18.7 Å². The number of aromatic nitrogens is 3. The van der Waals surface area contributed by atoms with Gasteiger partial charge in [-0.25, -0.2) is 15.0 Å². The Bertz CT molecular complexity index is 753. The minimum absolute atomic E-state index is 0.250. The monoisotopic (exact) mass is 395 g/mol. The molecule has 0 spiro atoms. The third kappa shape index (κ3) is 5.57. The van der Waals surface area contributed by atoms with Crippen LogP contribution in [-0.4, -0.2) is 58.7 Å². The number of hydrogen-bond acceptors (Lipinski definition) is 8. The fourth-order valence-corrected chi connectivity index (χ4v) is 3.94. The number of aryl methyl sites for hydroxylation is 1. The van der Waals surface area contributed by atoms with Gasteiger partial charge in [0, 0.05) is 43.8 Å². The van der Waals surface area contributed by atoms with E-state index in [9.17, 15) is 0 Å². The first-order valence-corrected chi connectivity index (χ1v) is 9.57. The van der Waals surface area contributed by atoms with E-state index in [4.69, 9.17) is 26.2 Å². The average Bonchev–Trinajstić information content (AvgIpc) is 2.94. The van der Waals surface area contributed by atoms with Gasteiger partial charge in [0.2, 0.25) is 0 Å². The molecule has 3 rings (SSSR count). The standard InChI is InChI=1S/C16H22ClN5S.CO2/c1-11(2)10-21-6-8-22(9-7-21)13-4-5-18-15(19-13)14-12(3)23-16(17)20-14;2-1-3/h4-5,11H,6-10H2,1-3H3;. The summed E-state index contributed by atoms with van der Waals surface area (Å²) in [6, 6.07) is 1.98. The summed E-state index contributed by atoms with van der Waals surface area (Å²) in [7, 11) is 0. The summed E-state index contributed by atoms with van der Waals surface area (Å²) in [6.07, 6.45) is 2.06. The molecule has 7 nitrogen and oxygen atoms in total. The van der Waals surface area contributed by atoms with E-state index in [1.807, 2.05) is 19.2 Å². The van der Waals surface area contributed by atoms with Crippen LogP contribution in [0.15, 0.2) is 12.3 Å². The summed E-state index contributed by atoms with van der Waals surface area (Å²) in [5, 5.41) is 0. The average molecular weight is 396 g/mol. The van der Waals surface area contributed by atoms with Crippen molar-refractivity contribution in [2.24, 2.45) is 5.92 Å².